The zero-order valence-corrected chi connectivity index (χ0v) is 25.4. The Bertz CT molecular complexity index is 1740. The third-order valence-electron chi connectivity index (χ3n) is 6.46. The number of hydrogen-bond donors (Lipinski definition) is 0. The lowest BCUT2D eigenvalue weighted by atomic mass is 10.1. The summed E-state index contributed by atoms with van der Waals surface area (Å²) in [7, 11) is 0. The Morgan fingerprint density at radius 3 is 1.95 bits per heavy atom. The van der Waals surface area contributed by atoms with Crippen molar-refractivity contribution in [2.45, 2.75) is 31.2 Å². The number of aromatic nitrogens is 1. The maximum Gasteiger partial charge on any atom is 0.0503 e. The number of nitrogens with zero attached hydrogens (tertiary/aromatic N) is 1. The fourth-order valence-electron chi connectivity index (χ4n) is 4.55. The average molecular weight is 634 g/mol. The van der Waals surface area contributed by atoms with Gasteiger partial charge >= 0.3 is 0 Å². The summed E-state index contributed by atoms with van der Waals surface area (Å²) in [6, 6.07) is 32.9. The Labute approximate surface area is 247 Å². The van der Waals surface area contributed by atoms with Crippen LogP contribution in [0.4, 0.5) is 0 Å². The van der Waals surface area contributed by atoms with Gasteiger partial charge in [-0.3, -0.25) is 4.21 Å². The molecule has 0 bridgehead atoms. The molecular weight excluding hydrogens is 606 g/mol. The van der Waals surface area contributed by atoms with Crippen molar-refractivity contribution < 1.29 is 8.76 Å². The van der Waals surface area contributed by atoms with Gasteiger partial charge < -0.3 is 9.12 Å². The van der Waals surface area contributed by atoms with Crippen LogP contribution in [-0.4, -0.2) is 13.3 Å². The number of aryl methyl sites for hydroxylation is 1. The van der Waals surface area contributed by atoms with Crippen LogP contribution in [0.15, 0.2) is 117 Å². The maximum absolute atomic E-state index is 11.3. The fourth-order valence-corrected chi connectivity index (χ4v) is 7.29. The van der Waals surface area contributed by atoms with Crippen molar-refractivity contribution in [3.63, 3.8) is 0 Å². The summed E-state index contributed by atoms with van der Waals surface area (Å²) in [4.78, 5) is 0.306. The van der Waals surface area contributed by atoms with Gasteiger partial charge in [0, 0.05) is 41.6 Å². The van der Waals surface area contributed by atoms with E-state index in [2.05, 4.69) is 105 Å². The second kappa shape index (κ2) is 13.0. The smallest absolute Gasteiger partial charge is 0.0503 e. The van der Waals surface area contributed by atoms with Gasteiger partial charge in [-0.05, 0) is 97.4 Å². The Hall–Kier alpha value is -2.81. The predicted molar refractivity (Wildman–Crippen MR) is 173 cm³/mol. The highest BCUT2D eigenvalue weighted by Crippen LogP contribution is 2.34. The lowest BCUT2D eigenvalue weighted by Gasteiger charge is -2.10. The quantitative estimate of drug-likeness (QED) is 0.181. The molecule has 1 unspecified atom stereocenters. The molecule has 198 valence electrons. The number of fused-ring (bicyclic) bond motifs is 5. The molecule has 0 amide bonds. The van der Waals surface area contributed by atoms with Crippen LogP contribution in [0.3, 0.4) is 0 Å². The highest BCUT2D eigenvalue weighted by atomic mass is 79.9. The van der Waals surface area contributed by atoms with Gasteiger partial charge in [-0.1, -0.05) is 67.9 Å². The van der Waals surface area contributed by atoms with Crippen molar-refractivity contribution in [1.29, 1.82) is 0 Å². The Kier molecular flexibility index (Phi) is 9.27. The van der Waals surface area contributed by atoms with Gasteiger partial charge in [-0.15, -0.1) is 22.7 Å². The molecule has 0 aliphatic heterocycles. The summed E-state index contributed by atoms with van der Waals surface area (Å²) < 4.78 is 28.3. The third kappa shape index (κ3) is 6.34. The number of para-hydroxylation sites is 1. The molecule has 0 spiro atoms. The third-order valence-corrected chi connectivity index (χ3v) is 9.88. The van der Waals surface area contributed by atoms with Gasteiger partial charge in [-0.25, -0.2) is 0 Å². The van der Waals surface area contributed by atoms with Crippen LogP contribution in [0.1, 0.15) is 19.8 Å². The van der Waals surface area contributed by atoms with E-state index in [0.29, 0.717) is 9.37 Å². The van der Waals surface area contributed by atoms with Crippen LogP contribution in [0.5, 0.6) is 0 Å². The molecule has 3 nitrogen and oxygen atoms in total. The van der Waals surface area contributed by atoms with Crippen LogP contribution in [0, 0.1) is 0 Å². The summed E-state index contributed by atoms with van der Waals surface area (Å²) in [6.07, 6.45) is 2.22. The molecule has 0 aliphatic rings. The molecule has 3 aromatic heterocycles. The van der Waals surface area contributed by atoms with Gasteiger partial charge in [0.05, 0.1) is 5.52 Å². The summed E-state index contributed by atoms with van der Waals surface area (Å²) in [5, 5.41) is 9.02. The minimum absolute atomic E-state index is 0.306. The monoisotopic (exact) mass is 632 g/mol. The first-order valence-electron chi connectivity index (χ1n) is 12.7. The second-order valence-corrected chi connectivity index (χ2v) is 12.6. The SMILES string of the molecule is CCCCn1c2ccccc2c2cc(S(=O)[O-])c(Br)cc21.c1ccc2sccc2c1.c1ccc2sccc2c1. The van der Waals surface area contributed by atoms with Crippen LogP contribution in [0.2, 0.25) is 0 Å². The van der Waals surface area contributed by atoms with E-state index in [1.807, 2.05) is 24.3 Å². The molecule has 0 saturated heterocycles. The largest absolute Gasteiger partial charge is 0.768 e. The zero-order chi connectivity index (χ0) is 27.2. The van der Waals surface area contributed by atoms with Crippen LogP contribution < -0.4 is 0 Å². The van der Waals surface area contributed by atoms with Crippen molar-refractivity contribution in [2.24, 2.45) is 0 Å². The molecule has 0 N–H and O–H groups in total. The summed E-state index contributed by atoms with van der Waals surface area (Å²) in [5.74, 6) is 0. The molecule has 39 heavy (non-hydrogen) atoms. The molecule has 4 aromatic carbocycles. The van der Waals surface area contributed by atoms with Crippen LogP contribution >= 0.6 is 38.6 Å². The maximum atomic E-state index is 11.3. The van der Waals surface area contributed by atoms with E-state index in [4.69, 9.17) is 0 Å². The van der Waals surface area contributed by atoms with Crippen molar-refractivity contribution in [2.75, 3.05) is 0 Å². The molecule has 0 saturated carbocycles. The summed E-state index contributed by atoms with van der Waals surface area (Å²) in [5.41, 5.74) is 2.23. The predicted octanol–water partition coefficient (Wildman–Crippen LogP) is 10.4. The standard InChI is InChI=1S/C16H16BrNO2S.2C8H6S/c1-2-3-8-18-14-7-5-4-6-11(14)12-9-16(21(19)20)13(17)10-15(12)18;2*1-2-4-8-7(3-1)5-6-9-8/h4-7,9-10H,2-3,8H2,1H3,(H,19,20);2*1-6H/p-1. The van der Waals surface area contributed by atoms with E-state index >= 15 is 0 Å². The van der Waals surface area contributed by atoms with E-state index in [9.17, 15) is 8.76 Å². The Morgan fingerprint density at radius 1 is 0.769 bits per heavy atom. The Balaban J connectivity index is 0.000000139. The minimum atomic E-state index is -2.24. The number of hydrogen-bond acceptors (Lipinski definition) is 4. The number of rotatable bonds is 4. The molecule has 0 aliphatic carbocycles. The number of thiophene rings is 2. The lowest BCUT2D eigenvalue weighted by molar-refractivity contribution is 0.536. The molecule has 7 aromatic rings. The fraction of sp³-hybridized carbons (Fsp3) is 0.125. The topological polar surface area (TPSA) is 45.1 Å². The minimum Gasteiger partial charge on any atom is -0.768 e. The average Bonchev–Trinajstić information content (AvgIpc) is 3.69. The van der Waals surface area contributed by atoms with Crippen molar-refractivity contribution >= 4 is 91.7 Å². The highest BCUT2D eigenvalue weighted by Gasteiger charge is 2.13. The van der Waals surface area contributed by atoms with Crippen molar-refractivity contribution in [3.8, 4) is 0 Å². The van der Waals surface area contributed by atoms with Gasteiger partial charge in [0.15, 0.2) is 0 Å². The first-order valence-corrected chi connectivity index (χ1v) is 16.3. The molecule has 0 fully saturated rings. The molecular formula is C32H27BrNO2S3-. The second-order valence-electron chi connectivity index (χ2n) is 8.97. The van der Waals surface area contributed by atoms with Crippen LogP contribution in [0.25, 0.3) is 42.0 Å². The Morgan fingerprint density at radius 2 is 1.36 bits per heavy atom. The van der Waals surface area contributed by atoms with Crippen molar-refractivity contribution in [3.05, 3.63) is 112 Å². The van der Waals surface area contributed by atoms with E-state index in [1.165, 1.54) is 20.2 Å². The molecule has 7 heteroatoms. The van der Waals surface area contributed by atoms with Crippen molar-refractivity contribution in [1.82, 2.24) is 4.57 Å². The number of halogens is 1. The molecule has 3 heterocycles. The molecule has 7 rings (SSSR count). The first-order chi connectivity index (χ1) is 19.1. The van der Waals surface area contributed by atoms with E-state index in [1.54, 1.807) is 28.7 Å². The normalized spacial score (nSPS) is 11.8. The number of unbranched alkanes of at least 4 members (excludes halogenated alkanes) is 1. The number of benzene rings is 4. The van der Waals surface area contributed by atoms with Gasteiger partial charge in [0.25, 0.3) is 0 Å². The highest BCUT2D eigenvalue weighted by molar-refractivity contribution is 9.10. The summed E-state index contributed by atoms with van der Waals surface area (Å²) in [6.45, 7) is 3.11. The van der Waals surface area contributed by atoms with Gasteiger partial charge in [0.1, 0.15) is 0 Å². The lowest BCUT2D eigenvalue weighted by Crippen LogP contribution is -1.97. The summed E-state index contributed by atoms with van der Waals surface area (Å²) >= 11 is 4.70. The van der Waals surface area contributed by atoms with E-state index in [-0.39, 0.29) is 0 Å². The van der Waals surface area contributed by atoms with E-state index < -0.39 is 11.1 Å². The first kappa shape index (κ1) is 27.7. The van der Waals surface area contributed by atoms with Gasteiger partial charge in [-0.2, -0.15) is 0 Å². The molecule has 0 radical (unpaired) electrons. The zero-order valence-electron chi connectivity index (χ0n) is 21.4. The van der Waals surface area contributed by atoms with E-state index in [0.717, 1.165) is 41.2 Å². The molecule has 1 atom stereocenters. The van der Waals surface area contributed by atoms with Gasteiger partial charge in [0.2, 0.25) is 0 Å². The van der Waals surface area contributed by atoms with Crippen LogP contribution in [-0.2, 0) is 17.6 Å².